The first-order valence-corrected chi connectivity index (χ1v) is 4.70. The molecule has 0 atom stereocenters. The quantitative estimate of drug-likeness (QED) is 0.803. The van der Waals surface area contributed by atoms with E-state index in [4.69, 9.17) is 5.26 Å². The van der Waals surface area contributed by atoms with E-state index in [1.807, 2.05) is 54.3 Å². The van der Waals surface area contributed by atoms with Gasteiger partial charge in [-0.25, -0.2) is 0 Å². The molecule has 0 radical (unpaired) electrons. The molecule has 1 aromatic carbocycles. The first kappa shape index (κ1) is 9.35. The third-order valence-electron chi connectivity index (χ3n) is 2.15. The fourth-order valence-electron chi connectivity index (χ4n) is 1.40. The molecule has 0 unspecified atom stereocenters. The third-order valence-corrected chi connectivity index (χ3v) is 2.15. The molecule has 0 amide bonds. The van der Waals surface area contributed by atoms with E-state index in [1.54, 1.807) is 0 Å². The number of aromatic nitrogens is 1. The summed E-state index contributed by atoms with van der Waals surface area (Å²) < 4.78 is 1.81. The van der Waals surface area contributed by atoms with Crippen LogP contribution in [0.15, 0.2) is 42.7 Å². The maximum Gasteiger partial charge on any atom is 0.101 e. The normalized spacial score (nSPS) is 9.60. The van der Waals surface area contributed by atoms with Crippen LogP contribution in [0.25, 0.3) is 0 Å². The maximum atomic E-state index is 8.97. The summed E-state index contributed by atoms with van der Waals surface area (Å²) in [5, 5.41) is 8.97. The van der Waals surface area contributed by atoms with Crippen LogP contribution in [-0.2, 0) is 0 Å². The highest BCUT2D eigenvalue weighted by Gasteiger charge is 2.01. The van der Waals surface area contributed by atoms with Gasteiger partial charge in [0.15, 0.2) is 0 Å². The highest BCUT2D eigenvalue weighted by molar-refractivity contribution is 5.58. The highest BCUT2D eigenvalue weighted by Crippen LogP contribution is 2.16. The minimum atomic E-state index is 0.656. The Morgan fingerprint density at radius 3 is 2.67 bits per heavy atom. The molecule has 0 aliphatic heterocycles. The van der Waals surface area contributed by atoms with Gasteiger partial charge in [-0.2, -0.15) is 5.26 Å². The molecule has 2 aromatic rings. The fourth-order valence-corrected chi connectivity index (χ4v) is 1.40. The second-order valence-electron chi connectivity index (χ2n) is 3.36. The minimum Gasteiger partial charge on any atom is -0.294 e. The Hall–Kier alpha value is -2.21. The van der Waals surface area contributed by atoms with Gasteiger partial charge < -0.3 is 0 Å². The van der Waals surface area contributed by atoms with Crippen molar-refractivity contribution in [3.8, 4) is 6.07 Å². The average Bonchev–Trinajstić information content (AvgIpc) is 2.73. The molecule has 0 aliphatic rings. The molecule has 74 valence electrons. The Balaban J connectivity index is 2.33. The van der Waals surface area contributed by atoms with Gasteiger partial charge in [-0.05, 0) is 36.8 Å². The van der Waals surface area contributed by atoms with Crippen LogP contribution in [0, 0.1) is 18.3 Å². The number of nitrogens with one attached hydrogen (secondary N) is 1. The Kier molecular flexibility index (Phi) is 2.42. The van der Waals surface area contributed by atoms with Crippen molar-refractivity contribution in [1.82, 2.24) is 4.68 Å². The van der Waals surface area contributed by atoms with Gasteiger partial charge in [0.05, 0.1) is 11.3 Å². The first-order chi connectivity index (χ1) is 7.29. The zero-order valence-corrected chi connectivity index (χ0v) is 8.44. The topological polar surface area (TPSA) is 40.8 Å². The highest BCUT2D eigenvalue weighted by atomic mass is 15.4. The van der Waals surface area contributed by atoms with E-state index in [0.29, 0.717) is 5.56 Å². The predicted octanol–water partition coefficient (Wildman–Crippen LogP) is 2.54. The van der Waals surface area contributed by atoms with Gasteiger partial charge in [0.2, 0.25) is 0 Å². The number of nitriles is 1. The van der Waals surface area contributed by atoms with Gasteiger partial charge in [-0.3, -0.25) is 10.1 Å². The minimum absolute atomic E-state index is 0.656. The molecule has 3 nitrogen and oxygen atoms in total. The molecule has 0 saturated heterocycles. The van der Waals surface area contributed by atoms with Crippen molar-refractivity contribution in [2.75, 3.05) is 5.43 Å². The summed E-state index contributed by atoms with van der Waals surface area (Å²) in [5.74, 6) is 0. The van der Waals surface area contributed by atoms with Crippen molar-refractivity contribution < 1.29 is 0 Å². The van der Waals surface area contributed by atoms with Crippen LogP contribution in [0.5, 0.6) is 0 Å². The van der Waals surface area contributed by atoms with E-state index in [9.17, 15) is 0 Å². The van der Waals surface area contributed by atoms with Gasteiger partial charge in [-0.1, -0.05) is 6.07 Å². The molecule has 0 saturated carbocycles. The lowest BCUT2D eigenvalue weighted by Gasteiger charge is -2.09. The SMILES string of the molecule is Cc1ccc(Nn2cccc2)c(C#N)c1. The predicted molar refractivity (Wildman–Crippen MR) is 59.3 cm³/mol. The zero-order valence-electron chi connectivity index (χ0n) is 8.44. The van der Waals surface area contributed by atoms with E-state index in [-0.39, 0.29) is 0 Å². The number of nitrogens with zero attached hydrogens (tertiary/aromatic N) is 2. The standard InChI is InChI=1S/C12H11N3/c1-10-4-5-12(11(8-10)9-13)14-15-6-2-3-7-15/h2-8,14H,1H3. The summed E-state index contributed by atoms with van der Waals surface area (Å²) >= 11 is 0. The number of rotatable bonds is 2. The molecule has 15 heavy (non-hydrogen) atoms. The second-order valence-corrected chi connectivity index (χ2v) is 3.36. The van der Waals surface area contributed by atoms with Gasteiger partial charge in [0.1, 0.15) is 6.07 Å². The Morgan fingerprint density at radius 1 is 1.27 bits per heavy atom. The van der Waals surface area contributed by atoms with Gasteiger partial charge in [0.25, 0.3) is 0 Å². The number of anilines is 1. The second kappa shape index (κ2) is 3.89. The summed E-state index contributed by atoms with van der Waals surface area (Å²) in [6, 6.07) is 11.8. The van der Waals surface area contributed by atoms with Crippen LogP contribution in [-0.4, -0.2) is 4.68 Å². The van der Waals surface area contributed by atoms with Crippen LogP contribution < -0.4 is 5.43 Å². The molecule has 0 fully saturated rings. The number of benzene rings is 1. The molecule has 1 N–H and O–H groups in total. The van der Waals surface area contributed by atoms with Crippen LogP contribution in [0.3, 0.4) is 0 Å². The number of aryl methyl sites for hydroxylation is 1. The van der Waals surface area contributed by atoms with Crippen molar-refractivity contribution in [2.24, 2.45) is 0 Å². The molecule has 0 bridgehead atoms. The summed E-state index contributed by atoms with van der Waals surface area (Å²) in [4.78, 5) is 0. The van der Waals surface area contributed by atoms with Crippen molar-refractivity contribution in [3.63, 3.8) is 0 Å². The van der Waals surface area contributed by atoms with E-state index in [1.165, 1.54) is 0 Å². The monoisotopic (exact) mass is 197 g/mol. The van der Waals surface area contributed by atoms with Crippen molar-refractivity contribution in [1.29, 1.82) is 5.26 Å². The maximum absolute atomic E-state index is 8.97. The average molecular weight is 197 g/mol. The molecule has 1 heterocycles. The molecule has 0 aliphatic carbocycles. The van der Waals surface area contributed by atoms with E-state index in [2.05, 4.69) is 11.5 Å². The third kappa shape index (κ3) is 2.00. The fraction of sp³-hybridized carbons (Fsp3) is 0.0833. The molecule has 0 spiro atoms. The molecule has 2 rings (SSSR count). The van der Waals surface area contributed by atoms with E-state index >= 15 is 0 Å². The van der Waals surface area contributed by atoms with E-state index < -0.39 is 0 Å². The molecular weight excluding hydrogens is 186 g/mol. The largest absolute Gasteiger partial charge is 0.294 e. The Labute approximate surface area is 88.6 Å². The molecular formula is C12H11N3. The van der Waals surface area contributed by atoms with Gasteiger partial charge in [0, 0.05) is 12.4 Å². The summed E-state index contributed by atoms with van der Waals surface area (Å²) in [7, 11) is 0. The lowest BCUT2D eigenvalue weighted by atomic mass is 10.1. The molecule has 1 aromatic heterocycles. The van der Waals surface area contributed by atoms with E-state index in [0.717, 1.165) is 11.3 Å². The first-order valence-electron chi connectivity index (χ1n) is 4.70. The Bertz CT molecular complexity index is 492. The van der Waals surface area contributed by atoms with Crippen LogP contribution >= 0.6 is 0 Å². The lowest BCUT2D eigenvalue weighted by Crippen LogP contribution is -2.07. The van der Waals surface area contributed by atoms with Gasteiger partial charge in [-0.15, -0.1) is 0 Å². The van der Waals surface area contributed by atoms with Crippen LogP contribution in [0.1, 0.15) is 11.1 Å². The van der Waals surface area contributed by atoms with Crippen LogP contribution in [0.4, 0.5) is 5.69 Å². The van der Waals surface area contributed by atoms with Crippen molar-refractivity contribution >= 4 is 5.69 Å². The lowest BCUT2D eigenvalue weighted by molar-refractivity contribution is 0.969. The Morgan fingerprint density at radius 2 is 2.00 bits per heavy atom. The van der Waals surface area contributed by atoms with Crippen molar-refractivity contribution in [3.05, 3.63) is 53.9 Å². The number of hydrogen-bond acceptors (Lipinski definition) is 2. The molecule has 3 heteroatoms. The summed E-state index contributed by atoms with van der Waals surface area (Å²) in [6.45, 7) is 1.97. The van der Waals surface area contributed by atoms with Crippen LogP contribution in [0.2, 0.25) is 0 Å². The zero-order chi connectivity index (χ0) is 10.7. The summed E-state index contributed by atoms with van der Waals surface area (Å²) in [5.41, 5.74) is 5.69. The van der Waals surface area contributed by atoms with Crippen molar-refractivity contribution in [2.45, 2.75) is 6.92 Å². The number of hydrogen-bond donors (Lipinski definition) is 1. The smallest absolute Gasteiger partial charge is 0.101 e. The summed E-state index contributed by atoms with van der Waals surface area (Å²) in [6.07, 6.45) is 3.78. The van der Waals surface area contributed by atoms with Gasteiger partial charge >= 0.3 is 0 Å².